The van der Waals surface area contributed by atoms with Crippen LogP contribution in [-0.2, 0) is 19.3 Å². The molecule has 1 rings (SSSR count). The lowest BCUT2D eigenvalue weighted by molar-refractivity contribution is -0.172. The van der Waals surface area contributed by atoms with Crippen LogP contribution in [0.2, 0.25) is 0 Å². The van der Waals surface area contributed by atoms with Crippen LogP contribution in [-0.4, -0.2) is 15.5 Å². The number of hydrogen-bond acceptors (Lipinski definition) is 4. The Labute approximate surface area is 70.8 Å². The maximum absolute atomic E-state index is 11.1. The highest BCUT2D eigenvalue weighted by Gasteiger charge is 2.13. The summed E-state index contributed by atoms with van der Waals surface area (Å²) in [6, 6.07) is 7.77. The van der Waals surface area contributed by atoms with Gasteiger partial charge in [-0.15, -0.1) is 4.33 Å². The fraction of sp³-hybridized carbons (Fsp3) is 0.143. The van der Waals surface area contributed by atoms with Crippen LogP contribution >= 0.6 is 0 Å². The van der Waals surface area contributed by atoms with Gasteiger partial charge in [0.15, 0.2) is 0 Å². The van der Waals surface area contributed by atoms with Crippen molar-refractivity contribution >= 4 is 10.1 Å². The minimum Gasteiger partial charge on any atom is -0.223 e. The van der Waals surface area contributed by atoms with Crippen LogP contribution in [0.5, 0.6) is 0 Å². The molecule has 0 spiro atoms. The van der Waals surface area contributed by atoms with E-state index in [0.29, 0.717) is 0 Å². The SMILES string of the molecule is COOS(=O)(=O)c1ccccc1. The summed E-state index contributed by atoms with van der Waals surface area (Å²) >= 11 is 0. The summed E-state index contributed by atoms with van der Waals surface area (Å²) in [6.45, 7) is 0. The van der Waals surface area contributed by atoms with E-state index in [-0.39, 0.29) is 4.90 Å². The zero-order valence-corrected chi connectivity index (χ0v) is 7.24. The predicted octanol–water partition coefficient (Wildman–Crippen LogP) is 0.953. The standard InChI is InChI=1S/C7H8O4S/c1-10-11-12(8,9)7-5-3-2-4-6-7/h2-6H,1H3. The molecule has 5 heteroatoms. The van der Waals surface area contributed by atoms with Crippen molar-refractivity contribution in [3.05, 3.63) is 30.3 Å². The van der Waals surface area contributed by atoms with Crippen molar-refractivity contribution < 1.29 is 17.6 Å². The smallest absolute Gasteiger partial charge is 0.223 e. The molecule has 0 saturated heterocycles. The van der Waals surface area contributed by atoms with Gasteiger partial charge >= 0.3 is 10.1 Å². The van der Waals surface area contributed by atoms with Crippen LogP contribution in [0.4, 0.5) is 0 Å². The Kier molecular flexibility index (Phi) is 2.80. The van der Waals surface area contributed by atoms with Gasteiger partial charge in [0.1, 0.15) is 0 Å². The number of hydrogen-bond donors (Lipinski definition) is 0. The Balaban J connectivity index is 2.99. The summed E-state index contributed by atoms with van der Waals surface area (Å²) in [5.74, 6) is 0. The van der Waals surface area contributed by atoms with Crippen molar-refractivity contribution in [2.45, 2.75) is 4.90 Å². The molecular formula is C7H8O4S. The van der Waals surface area contributed by atoms with Gasteiger partial charge in [0.2, 0.25) is 0 Å². The van der Waals surface area contributed by atoms with Gasteiger partial charge in [-0.2, -0.15) is 8.42 Å². The summed E-state index contributed by atoms with van der Waals surface area (Å²) in [4.78, 5) is 4.15. The van der Waals surface area contributed by atoms with E-state index < -0.39 is 10.1 Å². The minimum absolute atomic E-state index is 0.0758. The lowest BCUT2D eigenvalue weighted by Gasteiger charge is -1.99. The van der Waals surface area contributed by atoms with E-state index >= 15 is 0 Å². The Hall–Kier alpha value is -0.910. The average Bonchev–Trinajstić information content (AvgIpc) is 2.06. The predicted molar refractivity (Wildman–Crippen MR) is 41.7 cm³/mol. The van der Waals surface area contributed by atoms with Gasteiger partial charge in [-0.1, -0.05) is 18.2 Å². The van der Waals surface area contributed by atoms with E-state index in [1.807, 2.05) is 0 Å². The molecule has 1 aromatic carbocycles. The Morgan fingerprint density at radius 2 is 1.75 bits per heavy atom. The zero-order valence-electron chi connectivity index (χ0n) is 6.43. The first-order valence-electron chi connectivity index (χ1n) is 3.19. The molecule has 0 N–H and O–H groups in total. The first-order valence-corrected chi connectivity index (χ1v) is 4.60. The van der Waals surface area contributed by atoms with Crippen LogP contribution in [0.15, 0.2) is 35.2 Å². The summed E-state index contributed by atoms with van der Waals surface area (Å²) in [7, 11) is -2.59. The Bertz CT molecular complexity index is 330. The largest absolute Gasteiger partial charge is 0.323 e. The van der Waals surface area contributed by atoms with Crippen LogP contribution in [0.25, 0.3) is 0 Å². The van der Waals surface area contributed by atoms with Crippen LogP contribution in [0.3, 0.4) is 0 Å². The molecule has 0 fully saturated rings. The van der Waals surface area contributed by atoms with E-state index in [1.165, 1.54) is 12.1 Å². The molecule has 12 heavy (non-hydrogen) atoms. The first kappa shape index (κ1) is 9.18. The molecule has 0 unspecified atom stereocenters. The van der Waals surface area contributed by atoms with Gasteiger partial charge in [0.25, 0.3) is 0 Å². The van der Waals surface area contributed by atoms with Crippen molar-refractivity contribution in [3.8, 4) is 0 Å². The van der Waals surface area contributed by atoms with E-state index in [9.17, 15) is 8.42 Å². The lowest BCUT2D eigenvalue weighted by Crippen LogP contribution is -2.04. The van der Waals surface area contributed by atoms with Crippen molar-refractivity contribution in [3.63, 3.8) is 0 Å². The third-order valence-corrected chi connectivity index (χ3v) is 2.35. The van der Waals surface area contributed by atoms with Crippen LogP contribution in [0, 0.1) is 0 Å². The maximum Gasteiger partial charge on any atom is 0.323 e. The minimum atomic E-state index is -3.73. The van der Waals surface area contributed by atoms with E-state index in [0.717, 1.165) is 7.11 Å². The summed E-state index contributed by atoms with van der Waals surface area (Å²) < 4.78 is 26.3. The molecule has 0 radical (unpaired) electrons. The molecular weight excluding hydrogens is 180 g/mol. The van der Waals surface area contributed by atoms with E-state index in [2.05, 4.69) is 9.22 Å². The molecule has 0 saturated carbocycles. The fourth-order valence-electron chi connectivity index (χ4n) is 0.716. The molecule has 1 aromatic rings. The fourth-order valence-corrected chi connectivity index (χ4v) is 1.46. The normalized spacial score (nSPS) is 11.4. The maximum atomic E-state index is 11.1. The van der Waals surface area contributed by atoms with Gasteiger partial charge in [0.05, 0.1) is 12.0 Å². The number of rotatable bonds is 3. The molecule has 0 amide bonds. The van der Waals surface area contributed by atoms with E-state index in [1.54, 1.807) is 18.2 Å². The highest BCUT2D eigenvalue weighted by Crippen LogP contribution is 2.10. The molecule has 0 aliphatic rings. The monoisotopic (exact) mass is 188 g/mol. The molecule has 0 aliphatic heterocycles. The van der Waals surface area contributed by atoms with Crippen molar-refractivity contribution in [1.29, 1.82) is 0 Å². The van der Waals surface area contributed by atoms with E-state index in [4.69, 9.17) is 0 Å². The first-order chi connectivity index (χ1) is 5.67. The molecule has 0 aromatic heterocycles. The van der Waals surface area contributed by atoms with Gasteiger partial charge < -0.3 is 0 Å². The van der Waals surface area contributed by atoms with Crippen LogP contribution < -0.4 is 0 Å². The molecule has 0 heterocycles. The van der Waals surface area contributed by atoms with Gasteiger partial charge in [-0.25, -0.2) is 4.89 Å². The third kappa shape index (κ3) is 2.04. The third-order valence-electron chi connectivity index (χ3n) is 1.19. The second-order valence-electron chi connectivity index (χ2n) is 2.00. The second-order valence-corrected chi connectivity index (χ2v) is 3.52. The van der Waals surface area contributed by atoms with Crippen molar-refractivity contribution in [1.82, 2.24) is 0 Å². The van der Waals surface area contributed by atoms with Crippen molar-refractivity contribution in [2.24, 2.45) is 0 Å². The van der Waals surface area contributed by atoms with Gasteiger partial charge in [-0.05, 0) is 12.1 Å². The topological polar surface area (TPSA) is 52.6 Å². The molecule has 4 nitrogen and oxygen atoms in total. The van der Waals surface area contributed by atoms with Gasteiger partial charge in [-0.3, -0.25) is 0 Å². The van der Waals surface area contributed by atoms with Crippen molar-refractivity contribution in [2.75, 3.05) is 7.11 Å². The summed E-state index contributed by atoms with van der Waals surface area (Å²) in [5.41, 5.74) is 0. The highest BCUT2D eigenvalue weighted by atomic mass is 32.2. The zero-order chi connectivity index (χ0) is 9.03. The second kappa shape index (κ2) is 3.66. The lowest BCUT2D eigenvalue weighted by atomic mass is 10.4. The Morgan fingerprint density at radius 1 is 1.17 bits per heavy atom. The van der Waals surface area contributed by atoms with Crippen LogP contribution in [0.1, 0.15) is 0 Å². The number of benzene rings is 1. The quantitative estimate of drug-likeness (QED) is 0.523. The summed E-state index contributed by atoms with van der Waals surface area (Å²) in [5, 5.41) is 0. The molecule has 66 valence electrons. The highest BCUT2D eigenvalue weighted by molar-refractivity contribution is 7.86. The Morgan fingerprint density at radius 3 is 2.25 bits per heavy atom. The van der Waals surface area contributed by atoms with Gasteiger partial charge in [0, 0.05) is 0 Å². The summed E-state index contributed by atoms with van der Waals surface area (Å²) in [6.07, 6.45) is 0. The average molecular weight is 188 g/mol. The molecule has 0 aliphatic carbocycles. The molecule has 0 atom stereocenters. The molecule has 0 bridgehead atoms.